The van der Waals surface area contributed by atoms with Gasteiger partial charge in [-0.1, -0.05) is 26.0 Å². The molecular weight excluding hydrogens is 290 g/mol. The fourth-order valence-corrected chi connectivity index (χ4v) is 2.06. The molecule has 1 atom stereocenters. The van der Waals surface area contributed by atoms with E-state index in [2.05, 4.69) is 29.5 Å². The van der Waals surface area contributed by atoms with E-state index >= 15 is 0 Å². The Morgan fingerprint density at radius 2 is 1.78 bits per heavy atom. The molecule has 1 unspecified atom stereocenters. The third-order valence-electron chi connectivity index (χ3n) is 3.36. The highest BCUT2D eigenvalue weighted by molar-refractivity contribution is 5.89. The second kappa shape index (κ2) is 7.63. The van der Waals surface area contributed by atoms with Crippen molar-refractivity contribution < 1.29 is 9.53 Å². The lowest BCUT2D eigenvalue weighted by atomic mass is 10.0. The van der Waals surface area contributed by atoms with Gasteiger partial charge < -0.3 is 15.4 Å². The highest BCUT2D eigenvalue weighted by atomic mass is 16.5. The Kier molecular flexibility index (Phi) is 5.57. The van der Waals surface area contributed by atoms with Crippen LogP contribution in [0.5, 0.6) is 5.75 Å². The predicted octanol–water partition coefficient (Wildman–Crippen LogP) is 4.06. The average Bonchev–Trinajstić information content (AvgIpc) is 2.50. The van der Waals surface area contributed by atoms with Crippen molar-refractivity contribution >= 4 is 11.7 Å². The van der Waals surface area contributed by atoms with Gasteiger partial charge in [0.15, 0.2) is 6.23 Å². The van der Waals surface area contributed by atoms with Crippen LogP contribution in [0, 0.1) is 6.92 Å². The molecule has 1 heterocycles. The first-order valence-electron chi connectivity index (χ1n) is 7.71. The molecule has 0 radical (unpaired) electrons. The molecule has 0 aliphatic heterocycles. The molecule has 23 heavy (non-hydrogen) atoms. The highest BCUT2D eigenvalue weighted by Gasteiger charge is 2.09. The second-order valence-corrected chi connectivity index (χ2v) is 5.77. The number of urea groups is 1. The number of carbonyl (C=O) groups is 1. The number of amides is 2. The van der Waals surface area contributed by atoms with Gasteiger partial charge in [-0.05, 0) is 49.6 Å². The van der Waals surface area contributed by atoms with Gasteiger partial charge in [0, 0.05) is 5.69 Å². The lowest BCUT2D eigenvalue weighted by Gasteiger charge is -2.17. The number of hydrogen-bond donors (Lipinski definition) is 2. The van der Waals surface area contributed by atoms with Crippen LogP contribution in [-0.4, -0.2) is 17.2 Å². The molecule has 2 rings (SSSR count). The van der Waals surface area contributed by atoms with Crippen LogP contribution in [0.2, 0.25) is 0 Å². The molecular formula is C18H23N3O2. The number of anilines is 1. The Labute approximate surface area is 137 Å². The molecule has 0 saturated heterocycles. The van der Waals surface area contributed by atoms with Crippen molar-refractivity contribution in [2.45, 2.75) is 39.8 Å². The van der Waals surface area contributed by atoms with E-state index in [1.165, 1.54) is 5.56 Å². The van der Waals surface area contributed by atoms with Gasteiger partial charge >= 0.3 is 6.03 Å². The summed E-state index contributed by atoms with van der Waals surface area (Å²) in [6, 6.07) is 11.2. The summed E-state index contributed by atoms with van der Waals surface area (Å²) in [5, 5.41) is 5.45. The van der Waals surface area contributed by atoms with Crippen molar-refractivity contribution in [1.82, 2.24) is 10.3 Å². The minimum Gasteiger partial charge on any atom is -0.471 e. The molecule has 5 heteroatoms. The molecule has 2 amide bonds. The molecule has 0 fully saturated rings. The Bertz CT molecular complexity index is 636. The number of nitrogens with zero attached hydrogens (tertiary/aromatic N) is 1. The van der Waals surface area contributed by atoms with E-state index in [0.29, 0.717) is 11.6 Å². The van der Waals surface area contributed by atoms with Crippen LogP contribution in [0.25, 0.3) is 0 Å². The number of carbonyl (C=O) groups excluding carboxylic acids is 1. The van der Waals surface area contributed by atoms with Crippen molar-refractivity contribution in [3.63, 3.8) is 0 Å². The van der Waals surface area contributed by atoms with Crippen LogP contribution in [-0.2, 0) is 0 Å². The summed E-state index contributed by atoms with van der Waals surface area (Å²) in [4.78, 5) is 16.0. The molecule has 0 aliphatic carbocycles. The summed E-state index contributed by atoms with van der Waals surface area (Å²) < 4.78 is 5.69. The Morgan fingerprint density at radius 3 is 2.35 bits per heavy atom. The van der Waals surface area contributed by atoms with E-state index in [1.54, 1.807) is 19.2 Å². The minimum atomic E-state index is -0.446. The maximum absolute atomic E-state index is 11.9. The van der Waals surface area contributed by atoms with E-state index in [9.17, 15) is 4.79 Å². The summed E-state index contributed by atoms with van der Waals surface area (Å²) >= 11 is 0. The Hall–Kier alpha value is -2.56. The normalized spacial score (nSPS) is 11.9. The molecule has 0 aliphatic rings. The van der Waals surface area contributed by atoms with E-state index in [0.717, 1.165) is 11.4 Å². The van der Waals surface area contributed by atoms with Crippen molar-refractivity contribution in [3.8, 4) is 5.75 Å². The lowest BCUT2D eigenvalue weighted by molar-refractivity contribution is 0.183. The molecule has 2 N–H and O–H groups in total. The third kappa shape index (κ3) is 5.29. The van der Waals surface area contributed by atoms with E-state index in [4.69, 9.17) is 4.74 Å². The van der Waals surface area contributed by atoms with Crippen molar-refractivity contribution in [3.05, 3.63) is 53.9 Å². The molecule has 1 aromatic carbocycles. The molecule has 2 aromatic rings. The zero-order chi connectivity index (χ0) is 16.8. The number of ether oxygens (including phenoxy) is 1. The van der Waals surface area contributed by atoms with Crippen LogP contribution < -0.4 is 15.4 Å². The highest BCUT2D eigenvalue weighted by Crippen LogP contribution is 2.19. The monoisotopic (exact) mass is 313 g/mol. The van der Waals surface area contributed by atoms with E-state index in [1.807, 2.05) is 37.3 Å². The van der Waals surface area contributed by atoms with Crippen LogP contribution in [0.15, 0.2) is 42.6 Å². The summed E-state index contributed by atoms with van der Waals surface area (Å²) in [5.74, 6) is 1.20. The summed E-state index contributed by atoms with van der Waals surface area (Å²) in [5.41, 5.74) is 2.79. The summed E-state index contributed by atoms with van der Waals surface area (Å²) in [6.07, 6.45) is 1.17. The lowest BCUT2D eigenvalue weighted by Crippen LogP contribution is -2.39. The fraction of sp³-hybridized carbons (Fsp3) is 0.333. The first-order chi connectivity index (χ1) is 10.9. The van der Waals surface area contributed by atoms with Crippen molar-refractivity contribution in [2.75, 3.05) is 5.32 Å². The molecule has 1 aromatic heterocycles. The smallest absolute Gasteiger partial charge is 0.322 e. The van der Waals surface area contributed by atoms with Gasteiger partial charge in [0.1, 0.15) is 5.75 Å². The number of nitrogens with one attached hydrogen (secondary N) is 2. The average molecular weight is 313 g/mol. The molecule has 0 saturated carbocycles. The first kappa shape index (κ1) is 16.8. The summed E-state index contributed by atoms with van der Waals surface area (Å²) in [6.45, 7) is 7.96. The van der Waals surface area contributed by atoms with E-state index in [-0.39, 0.29) is 6.03 Å². The predicted molar refractivity (Wildman–Crippen MR) is 91.7 cm³/mol. The van der Waals surface area contributed by atoms with Gasteiger partial charge in [0.05, 0.1) is 11.9 Å². The van der Waals surface area contributed by atoms with Crippen LogP contribution in [0.1, 0.15) is 37.9 Å². The molecule has 0 spiro atoms. The fourth-order valence-electron chi connectivity index (χ4n) is 2.06. The Balaban J connectivity index is 1.84. The zero-order valence-corrected chi connectivity index (χ0v) is 14.0. The van der Waals surface area contributed by atoms with E-state index < -0.39 is 6.23 Å². The van der Waals surface area contributed by atoms with Gasteiger partial charge in [0.25, 0.3) is 0 Å². The maximum Gasteiger partial charge on any atom is 0.322 e. The number of aryl methyl sites for hydroxylation is 1. The van der Waals surface area contributed by atoms with Gasteiger partial charge in [-0.3, -0.25) is 4.98 Å². The SMILES string of the molecule is Cc1ccc(NC(=O)NC(C)Oc2ccc(C(C)C)cc2)cn1. The van der Waals surface area contributed by atoms with Crippen LogP contribution >= 0.6 is 0 Å². The molecule has 0 bridgehead atoms. The van der Waals surface area contributed by atoms with Crippen LogP contribution in [0.4, 0.5) is 10.5 Å². The number of benzene rings is 1. The standard InChI is InChI=1S/C18H23N3O2/c1-12(2)15-6-9-17(10-7-15)23-14(4)20-18(22)21-16-8-5-13(3)19-11-16/h5-12,14H,1-4H3,(H2,20,21,22). The quantitative estimate of drug-likeness (QED) is 0.818. The largest absolute Gasteiger partial charge is 0.471 e. The number of pyridine rings is 1. The van der Waals surface area contributed by atoms with Crippen LogP contribution in [0.3, 0.4) is 0 Å². The van der Waals surface area contributed by atoms with Gasteiger partial charge in [-0.25, -0.2) is 4.79 Å². The van der Waals surface area contributed by atoms with Gasteiger partial charge in [-0.15, -0.1) is 0 Å². The maximum atomic E-state index is 11.9. The third-order valence-corrected chi connectivity index (χ3v) is 3.36. The van der Waals surface area contributed by atoms with Crippen molar-refractivity contribution in [1.29, 1.82) is 0 Å². The molecule has 122 valence electrons. The molecule has 5 nitrogen and oxygen atoms in total. The number of hydrogen-bond acceptors (Lipinski definition) is 3. The van der Waals surface area contributed by atoms with Gasteiger partial charge in [0.2, 0.25) is 0 Å². The summed E-state index contributed by atoms with van der Waals surface area (Å²) in [7, 11) is 0. The van der Waals surface area contributed by atoms with Gasteiger partial charge in [-0.2, -0.15) is 0 Å². The first-order valence-corrected chi connectivity index (χ1v) is 7.71. The minimum absolute atomic E-state index is 0.332. The van der Waals surface area contributed by atoms with Crippen molar-refractivity contribution in [2.24, 2.45) is 0 Å². The Morgan fingerprint density at radius 1 is 1.09 bits per heavy atom. The number of aromatic nitrogens is 1. The zero-order valence-electron chi connectivity index (χ0n) is 14.0. The number of rotatable bonds is 5. The second-order valence-electron chi connectivity index (χ2n) is 5.77. The topological polar surface area (TPSA) is 63.2 Å².